The Morgan fingerprint density at radius 2 is 1.62 bits per heavy atom. The van der Waals surface area contributed by atoms with E-state index in [1.807, 2.05) is 30.5 Å². The molecule has 0 unspecified atom stereocenters. The number of hydrogen-bond acceptors (Lipinski definition) is 8. The number of amides is 1. The van der Waals surface area contributed by atoms with Crippen LogP contribution in [0.25, 0.3) is 11.5 Å². The van der Waals surface area contributed by atoms with Crippen molar-refractivity contribution >= 4 is 39.4 Å². The summed E-state index contributed by atoms with van der Waals surface area (Å²) >= 11 is 1.62. The summed E-state index contributed by atoms with van der Waals surface area (Å²) in [6.07, 6.45) is 1.98. The van der Waals surface area contributed by atoms with Gasteiger partial charge in [0.05, 0.1) is 12.0 Å². The molecule has 1 heterocycles. The normalized spacial score (nSPS) is 11.1. The van der Waals surface area contributed by atoms with Gasteiger partial charge in [-0.3, -0.25) is 14.8 Å². The molecule has 2 N–H and O–H groups in total. The summed E-state index contributed by atoms with van der Waals surface area (Å²) in [6.45, 7) is 0. The number of thioether (sulfide) groups is 1. The molecule has 4 aromatic rings. The average Bonchev–Trinajstić information content (AvgIpc) is 3.32. The number of ether oxygens (including phenoxy) is 1. The molecule has 0 aliphatic carbocycles. The molecule has 3 aromatic carbocycles. The number of carbonyl (C=O) groups excluding carboxylic acids is 1. The number of nitrogens with one attached hydrogen (secondary N) is 2. The Labute approximate surface area is 200 Å². The summed E-state index contributed by atoms with van der Waals surface area (Å²) in [6, 6.07) is 19.5. The summed E-state index contributed by atoms with van der Waals surface area (Å²) in [5.74, 6) is 0.361. The van der Waals surface area contributed by atoms with Gasteiger partial charge in [0.2, 0.25) is 5.89 Å². The molecule has 0 radical (unpaired) electrons. The van der Waals surface area contributed by atoms with Crippen LogP contribution in [0.4, 0.5) is 11.7 Å². The van der Waals surface area contributed by atoms with Crippen LogP contribution in [0.1, 0.15) is 10.4 Å². The molecule has 0 saturated carbocycles. The highest BCUT2D eigenvalue weighted by Crippen LogP contribution is 2.24. The number of benzene rings is 3. The summed E-state index contributed by atoms with van der Waals surface area (Å²) < 4.78 is 38.2. The van der Waals surface area contributed by atoms with Crippen LogP contribution >= 0.6 is 11.8 Å². The summed E-state index contributed by atoms with van der Waals surface area (Å²) in [5, 5.41) is 10.4. The van der Waals surface area contributed by atoms with Crippen molar-refractivity contribution < 1.29 is 22.4 Å². The minimum absolute atomic E-state index is 0.0433. The molecule has 34 heavy (non-hydrogen) atoms. The highest BCUT2D eigenvalue weighted by molar-refractivity contribution is 7.98. The Morgan fingerprint density at radius 3 is 2.24 bits per heavy atom. The molecule has 11 heteroatoms. The zero-order valence-electron chi connectivity index (χ0n) is 18.2. The molecule has 0 aliphatic rings. The lowest BCUT2D eigenvalue weighted by molar-refractivity contribution is 0.102. The summed E-state index contributed by atoms with van der Waals surface area (Å²) in [4.78, 5) is 13.7. The maximum Gasteiger partial charge on any atom is 0.322 e. The van der Waals surface area contributed by atoms with Crippen LogP contribution in [0.5, 0.6) is 5.75 Å². The van der Waals surface area contributed by atoms with Crippen LogP contribution in [-0.4, -0.2) is 37.9 Å². The minimum atomic E-state index is -3.79. The van der Waals surface area contributed by atoms with Crippen molar-refractivity contribution in [2.24, 2.45) is 0 Å². The fraction of sp³-hybridized carbons (Fsp3) is 0.0870. The van der Waals surface area contributed by atoms with Gasteiger partial charge in [0.1, 0.15) is 5.75 Å². The molecule has 1 aromatic heterocycles. The van der Waals surface area contributed by atoms with Gasteiger partial charge in [0, 0.05) is 21.7 Å². The molecule has 0 atom stereocenters. The van der Waals surface area contributed by atoms with E-state index in [-0.39, 0.29) is 22.4 Å². The Kier molecular flexibility index (Phi) is 6.85. The first-order valence-corrected chi connectivity index (χ1v) is 12.6. The van der Waals surface area contributed by atoms with Gasteiger partial charge in [-0.2, -0.15) is 0 Å². The quantitative estimate of drug-likeness (QED) is 0.341. The molecule has 1 amide bonds. The molecule has 0 bridgehead atoms. The number of sulfonamides is 1. The Morgan fingerprint density at radius 1 is 0.941 bits per heavy atom. The maximum absolute atomic E-state index is 12.6. The molecule has 174 valence electrons. The van der Waals surface area contributed by atoms with Crippen LogP contribution in [-0.2, 0) is 10.0 Å². The second kappa shape index (κ2) is 9.98. The molecule has 4 rings (SSSR count). The Bertz CT molecular complexity index is 1380. The van der Waals surface area contributed by atoms with Crippen LogP contribution in [0.2, 0.25) is 0 Å². The number of anilines is 2. The van der Waals surface area contributed by atoms with Crippen LogP contribution < -0.4 is 14.8 Å². The topological polar surface area (TPSA) is 123 Å². The van der Waals surface area contributed by atoms with Gasteiger partial charge >= 0.3 is 6.01 Å². The monoisotopic (exact) mass is 496 g/mol. The zero-order valence-corrected chi connectivity index (χ0v) is 19.8. The first-order chi connectivity index (χ1) is 16.4. The smallest absolute Gasteiger partial charge is 0.322 e. The van der Waals surface area contributed by atoms with Gasteiger partial charge in [-0.15, -0.1) is 16.9 Å². The van der Waals surface area contributed by atoms with Gasteiger partial charge in [0.15, 0.2) is 0 Å². The van der Waals surface area contributed by atoms with E-state index in [4.69, 9.17) is 9.15 Å². The van der Waals surface area contributed by atoms with E-state index in [1.165, 1.54) is 43.5 Å². The largest absolute Gasteiger partial charge is 0.497 e. The molecule has 0 aliphatic heterocycles. The van der Waals surface area contributed by atoms with Crippen molar-refractivity contribution in [2.45, 2.75) is 9.79 Å². The Hall–Kier alpha value is -3.83. The van der Waals surface area contributed by atoms with Gasteiger partial charge in [0.25, 0.3) is 15.9 Å². The predicted molar refractivity (Wildman–Crippen MR) is 130 cm³/mol. The third-order valence-corrected chi connectivity index (χ3v) is 6.89. The van der Waals surface area contributed by atoms with E-state index in [0.717, 1.165) is 10.5 Å². The first-order valence-electron chi connectivity index (χ1n) is 9.94. The number of carbonyl (C=O) groups is 1. The van der Waals surface area contributed by atoms with E-state index in [2.05, 4.69) is 20.2 Å². The van der Waals surface area contributed by atoms with Crippen molar-refractivity contribution in [3.05, 3.63) is 78.4 Å². The van der Waals surface area contributed by atoms with E-state index in [9.17, 15) is 13.2 Å². The number of nitrogens with zero attached hydrogens (tertiary/aromatic N) is 2. The molecule has 0 fully saturated rings. The van der Waals surface area contributed by atoms with Crippen molar-refractivity contribution in [2.75, 3.05) is 23.4 Å². The van der Waals surface area contributed by atoms with Crippen LogP contribution in [0.15, 0.2) is 87.0 Å². The van der Waals surface area contributed by atoms with E-state index < -0.39 is 15.9 Å². The number of methoxy groups -OCH3 is 1. The minimum Gasteiger partial charge on any atom is -0.497 e. The molecule has 0 spiro atoms. The lowest BCUT2D eigenvalue weighted by atomic mass is 10.2. The second-order valence-electron chi connectivity index (χ2n) is 6.95. The zero-order chi connectivity index (χ0) is 24.1. The summed E-state index contributed by atoms with van der Waals surface area (Å²) in [5.41, 5.74) is 1.33. The van der Waals surface area contributed by atoms with Gasteiger partial charge in [-0.1, -0.05) is 5.10 Å². The lowest BCUT2D eigenvalue weighted by Crippen LogP contribution is -2.14. The maximum atomic E-state index is 12.6. The van der Waals surface area contributed by atoms with Gasteiger partial charge in [-0.05, 0) is 79.1 Å². The third kappa shape index (κ3) is 5.38. The van der Waals surface area contributed by atoms with Crippen molar-refractivity contribution in [3.8, 4) is 17.2 Å². The summed E-state index contributed by atoms with van der Waals surface area (Å²) in [7, 11) is -2.29. The van der Waals surface area contributed by atoms with E-state index >= 15 is 0 Å². The molecule has 9 nitrogen and oxygen atoms in total. The van der Waals surface area contributed by atoms with Crippen molar-refractivity contribution in [1.29, 1.82) is 0 Å². The van der Waals surface area contributed by atoms with Crippen LogP contribution in [0.3, 0.4) is 0 Å². The second-order valence-corrected chi connectivity index (χ2v) is 9.52. The van der Waals surface area contributed by atoms with E-state index in [0.29, 0.717) is 11.4 Å². The van der Waals surface area contributed by atoms with Crippen molar-refractivity contribution in [3.63, 3.8) is 0 Å². The van der Waals surface area contributed by atoms with Crippen molar-refractivity contribution in [1.82, 2.24) is 10.2 Å². The standard InChI is InChI=1S/C23H20N4O5S2/c1-31-18-9-13-20(14-10-18)34(29,30)27-17-7-3-15(4-8-17)21(28)24-23-26-25-22(32-23)16-5-11-19(33-2)12-6-16/h3-14,27H,1-2H3,(H,24,26,28). The predicted octanol–water partition coefficient (Wildman–Crippen LogP) is 4.52. The molecular weight excluding hydrogens is 476 g/mol. The highest BCUT2D eigenvalue weighted by atomic mass is 32.2. The third-order valence-electron chi connectivity index (χ3n) is 4.75. The van der Waals surface area contributed by atoms with E-state index in [1.54, 1.807) is 23.9 Å². The van der Waals surface area contributed by atoms with Gasteiger partial charge in [-0.25, -0.2) is 8.42 Å². The average molecular weight is 497 g/mol. The fourth-order valence-corrected chi connectivity index (χ4v) is 4.42. The number of hydrogen-bond donors (Lipinski definition) is 2. The van der Waals surface area contributed by atoms with Crippen LogP contribution in [0, 0.1) is 0 Å². The molecule has 0 saturated heterocycles. The lowest BCUT2D eigenvalue weighted by Gasteiger charge is -2.09. The SMILES string of the molecule is COc1ccc(S(=O)(=O)Nc2ccc(C(=O)Nc3nnc(-c4ccc(SC)cc4)o3)cc2)cc1. The molecular formula is C23H20N4O5S2. The number of aromatic nitrogens is 2. The first kappa shape index (κ1) is 23.3. The van der Waals surface area contributed by atoms with Gasteiger partial charge < -0.3 is 9.15 Å². The fourth-order valence-electron chi connectivity index (χ4n) is 2.95. The highest BCUT2D eigenvalue weighted by Gasteiger charge is 2.16. The Balaban J connectivity index is 1.40. The number of rotatable bonds is 8.